The maximum Gasteiger partial charge on any atom is 0.215 e. The molecule has 0 aliphatic carbocycles. The van der Waals surface area contributed by atoms with E-state index in [2.05, 4.69) is 45.0 Å². The molecule has 0 aromatic heterocycles. The molecule has 0 spiro atoms. The minimum absolute atomic E-state index is 0.0654. The van der Waals surface area contributed by atoms with Gasteiger partial charge in [-0.3, -0.25) is 9.80 Å². The number of rotatable bonds is 12. The van der Waals surface area contributed by atoms with Gasteiger partial charge in [-0.15, -0.1) is 0 Å². The summed E-state index contributed by atoms with van der Waals surface area (Å²) in [6, 6.07) is 21.6. The second kappa shape index (κ2) is 13.8. The third-order valence-corrected chi connectivity index (χ3v) is 6.83. The highest BCUT2D eigenvalue weighted by molar-refractivity contribution is 5.90. The number of carbonyl (C=O) groups excluding carboxylic acids is 2. The van der Waals surface area contributed by atoms with E-state index in [0.29, 0.717) is 30.6 Å². The van der Waals surface area contributed by atoms with E-state index in [1.54, 1.807) is 23.1 Å². The number of amides is 1. The lowest BCUT2D eigenvalue weighted by Crippen LogP contribution is -2.31. The molecule has 206 valence electrons. The van der Waals surface area contributed by atoms with Gasteiger partial charge < -0.3 is 9.69 Å². The van der Waals surface area contributed by atoms with Crippen LogP contribution in [0, 0.1) is 5.82 Å². The molecule has 3 aromatic rings. The van der Waals surface area contributed by atoms with Crippen LogP contribution < -0.4 is 0 Å². The first-order valence-corrected chi connectivity index (χ1v) is 13.6. The number of hydrogen-bond acceptors (Lipinski definition) is 4. The number of amidine groups is 1. The van der Waals surface area contributed by atoms with Gasteiger partial charge in [-0.25, -0.2) is 4.39 Å². The molecule has 0 saturated heterocycles. The van der Waals surface area contributed by atoms with E-state index >= 15 is 0 Å². The smallest absolute Gasteiger partial charge is 0.215 e. The van der Waals surface area contributed by atoms with Crippen molar-refractivity contribution in [3.8, 4) is 11.1 Å². The molecular formula is C33H40FN3O2. The Morgan fingerprint density at radius 3 is 2.21 bits per heavy atom. The van der Waals surface area contributed by atoms with E-state index in [1.807, 2.05) is 43.2 Å². The van der Waals surface area contributed by atoms with Crippen LogP contribution in [0.1, 0.15) is 62.8 Å². The number of benzene rings is 3. The van der Waals surface area contributed by atoms with Crippen molar-refractivity contribution in [2.75, 3.05) is 13.6 Å². The van der Waals surface area contributed by atoms with E-state index in [4.69, 9.17) is 5.10 Å². The first-order chi connectivity index (χ1) is 18.7. The zero-order valence-corrected chi connectivity index (χ0v) is 23.8. The molecule has 3 aromatic carbocycles. The molecule has 1 amide bonds. The van der Waals surface area contributed by atoms with Gasteiger partial charge in [0.2, 0.25) is 6.41 Å². The highest BCUT2D eigenvalue weighted by atomic mass is 19.1. The fourth-order valence-corrected chi connectivity index (χ4v) is 4.53. The third kappa shape index (κ3) is 8.34. The summed E-state index contributed by atoms with van der Waals surface area (Å²) in [6.45, 7) is 9.75. The van der Waals surface area contributed by atoms with E-state index in [9.17, 15) is 14.0 Å². The first-order valence-electron chi connectivity index (χ1n) is 13.6. The van der Waals surface area contributed by atoms with Crippen molar-refractivity contribution in [2.45, 2.75) is 65.3 Å². The molecule has 0 atom stereocenters. The average Bonchev–Trinajstić information content (AvgIpc) is 2.91. The van der Waals surface area contributed by atoms with Crippen LogP contribution in [0.2, 0.25) is 0 Å². The Kier molecular flexibility index (Phi) is 10.6. The summed E-state index contributed by atoms with van der Waals surface area (Å²) in [5, 5.41) is 6.67. The lowest BCUT2D eigenvalue weighted by Gasteiger charge is -2.22. The van der Waals surface area contributed by atoms with Crippen molar-refractivity contribution in [2.24, 2.45) is 5.10 Å². The standard InChI is InChI=1S/C33H40FN3O2/c1-6-37(24-39)31(35-36(5)23-26-15-19-29(20-16-26)33(2,3)4)12-7-9-25-13-17-27(18-14-25)30-11-8-10-28(21-22-38)32(30)34/h8,10-11,13-20,22,24H,6-7,9,12,21,23H2,1-5H3/b35-31-. The van der Waals surface area contributed by atoms with Crippen molar-refractivity contribution in [1.82, 2.24) is 9.91 Å². The van der Waals surface area contributed by atoms with Gasteiger partial charge in [0.05, 0.1) is 6.54 Å². The molecule has 3 rings (SSSR count). The van der Waals surface area contributed by atoms with Gasteiger partial charge in [0.15, 0.2) is 0 Å². The summed E-state index contributed by atoms with van der Waals surface area (Å²) in [6.07, 6.45) is 3.91. The summed E-state index contributed by atoms with van der Waals surface area (Å²) in [4.78, 5) is 24.2. The van der Waals surface area contributed by atoms with Crippen molar-refractivity contribution < 1.29 is 14.0 Å². The van der Waals surface area contributed by atoms with Crippen LogP contribution in [0.25, 0.3) is 11.1 Å². The predicted molar refractivity (Wildman–Crippen MR) is 157 cm³/mol. The monoisotopic (exact) mass is 529 g/mol. The minimum atomic E-state index is -0.346. The van der Waals surface area contributed by atoms with Crippen molar-refractivity contribution in [1.29, 1.82) is 0 Å². The van der Waals surface area contributed by atoms with Gasteiger partial charge in [-0.1, -0.05) is 87.5 Å². The largest absolute Gasteiger partial charge is 0.303 e. The SMILES string of the molecule is CCN(C=O)/C(CCCc1ccc(-c2cccc(CC=O)c2F)cc1)=N\N(C)Cc1ccc(C(C)(C)C)cc1. The molecule has 0 aliphatic rings. The fraction of sp³-hybridized carbons (Fsp3) is 0.364. The van der Waals surface area contributed by atoms with Crippen molar-refractivity contribution in [3.63, 3.8) is 0 Å². The summed E-state index contributed by atoms with van der Waals surface area (Å²) in [5.41, 5.74) is 5.37. The van der Waals surface area contributed by atoms with Crippen LogP contribution in [0.4, 0.5) is 4.39 Å². The predicted octanol–water partition coefficient (Wildman–Crippen LogP) is 6.78. The van der Waals surface area contributed by atoms with Gasteiger partial charge in [0, 0.05) is 32.0 Å². The maximum atomic E-state index is 14.8. The second-order valence-corrected chi connectivity index (χ2v) is 10.9. The molecule has 0 aliphatic heterocycles. The van der Waals surface area contributed by atoms with Crippen LogP contribution in [0.5, 0.6) is 0 Å². The quantitative estimate of drug-likeness (QED) is 0.112. The average molecular weight is 530 g/mol. The Morgan fingerprint density at radius 2 is 1.62 bits per heavy atom. The van der Waals surface area contributed by atoms with E-state index in [-0.39, 0.29) is 17.7 Å². The summed E-state index contributed by atoms with van der Waals surface area (Å²) in [5.74, 6) is 0.396. The lowest BCUT2D eigenvalue weighted by molar-refractivity contribution is -0.114. The van der Waals surface area contributed by atoms with Crippen molar-refractivity contribution >= 4 is 18.5 Å². The van der Waals surface area contributed by atoms with Crippen LogP contribution in [-0.4, -0.2) is 42.0 Å². The second-order valence-electron chi connectivity index (χ2n) is 10.9. The molecule has 0 heterocycles. The summed E-state index contributed by atoms with van der Waals surface area (Å²) < 4.78 is 14.8. The zero-order valence-electron chi connectivity index (χ0n) is 23.8. The van der Waals surface area contributed by atoms with Crippen LogP contribution in [-0.2, 0) is 34.4 Å². The van der Waals surface area contributed by atoms with E-state index in [1.165, 1.54) is 5.56 Å². The number of nitrogens with zero attached hydrogens (tertiary/aromatic N) is 3. The van der Waals surface area contributed by atoms with Gasteiger partial charge in [-0.05, 0) is 53.0 Å². The number of aryl methyl sites for hydroxylation is 1. The molecule has 0 saturated carbocycles. The van der Waals surface area contributed by atoms with Crippen LogP contribution >= 0.6 is 0 Å². The molecule has 0 bridgehead atoms. The molecule has 0 unspecified atom stereocenters. The molecule has 0 radical (unpaired) electrons. The van der Waals surface area contributed by atoms with Gasteiger partial charge in [0.25, 0.3) is 0 Å². The number of carbonyl (C=O) groups is 2. The Morgan fingerprint density at radius 1 is 0.949 bits per heavy atom. The number of aldehydes is 1. The maximum absolute atomic E-state index is 14.8. The Labute approximate surface area is 232 Å². The lowest BCUT2D eigenvalue weighted by atomic mass is 9.87. The summed E-state index contributed by atoms with van der Waals surface area (Å²) in [7, 11) is 1.93. The highest BCUT2D eigenvalue weighted by Gasteiger charge is 2.14. The molecular weight excluding hydrogens is 489 g/mol. The minimum Gasteiger partial charge on any atom is -0.303 e. The van der Waals surface area contributed by atoms with E-state index in [0.717, 1.165) is 48.1 Å². The number of halogens is 1. The molecule has 0 N–H and O–H groups in total. The van der Waals surface area contributed by atoms with Crippen LogP contribution in [0.3, 0.4) is 0 Å². The van der Waals surface area contributed by atoms with Gasteiger partial charge in [0.1, 0.15) is 17.9 Å². The summed E-state index contributed by atoms with van der Waals surface area (Å²) >= 11 is 0. The van der Waals surface area contributed by atoms with Gasteiger partial charge >= 0.3 is 0 Å². The fourth-order valence-electron chi connectivity index (χ4n) is 4.53. The number of hydrogen-bond donors (Lipinski definition) is 0. The van der Waals surface area contributed by atoms with Crippen molar-refractivity contribution in [3.05, 3.63) is 94.8 Å². The van der Waals surface area contributed by atoms with Crippen LogP contribution in [0.15, 0.2) is 71.8 Å². The molecule has 6 heteroatoms. The molecule has 0 fully saturated rings. The normalized spacial score (nSPS) is 11.8. The number of hydrazone groups is 1. The topological polar surface area (TPSA) is 53.0 Å². The third-order valence-electron chi connectivity index (χ3n) is 6.83. The Bertz CT molecular complexity index is 1260. The van der Waals surface area contributed by atoms with E-state index < -0.39 is 0 Å². The van der Waals surface area contributed by atoms with Gasteiger partial charge in [-0.2, -0.15) is 5.10 Å². The Balaban J connectivity index is 1.64. The molecule has 5 nitrogen and oxygen atoms in total. The zero-order chi connectivity index (χ0) is 28.4. The molecule has 39 heavy (non-hydrogen) atoms. The Hall–Kier alpha value is -3.80. The first kappa shape index (κ1) is 29.8. The highest BCUT2D eigenvalue weighted by Crippen LogP contribution is 2.26.